The van der Waals surface area contributed by atoms with Gasteiger partial charge >= 0.3 is 12.1 Å². The largest absolute Gasteiger partial charge is 0.444 e. The topological polar surface area (TPSA) is 55.4 Å². The highest BCUT2D eigenvalue weighted by molar-refractivity contribution is 6.35. The van der Waals surface area contributed by atoms with Crippen LogP contribution in [-0.4, -0.2) is 11.9 Å². The van der Waals surface area contributed by atoms with Gasteiger partial charge in [-0.05, 0) is 47.5 Å². The van der Waals surface area contributed by atoms with E-state index in [1.165, 1.54) is 36.4 Å². The Morgan fingerprint density at radius 1 is 0.784 bits per heavy atom. The third-order valence-electron chi connectivity index (χ3n) is 5.37. The maximum Gasteiger partial charge on any atom is 0.416 e. The summed E-state index contributed by atoms with van der Waals surface area (Å²) in [6.07, 6.45) is -5.83. The molecular formula is C28H18Cl2F3NO3. The van der Waals surface area contributed by atoms with Gasteiger partial charge in [-0.25, -0.2) is 4.79 Å². The minimum absolute atomic E-state index is 0.0850. The number of alkyl halides is 3. The van der Waals surface area contributed by atoms with Crippen molar-refractivity contribution in [2.45, 2.75) is 12.3 Å². The lowest BCUT2D eigenvalue weighted by molar-refractivity contribution is -0.137. The van der Waals surface area contributed by atoms with Crippen molar-refractivity contribution in [1.29, 1.82) is 0 Å². The molecule has 0 saturated carbocycles. The average Bonchev–Trinajstić information content (AvgIpc) is 2.86. The highest BCUT2D eigenvalue weighted by atomic mass is 35.5. The fraction of sp³-hybridized carbons (Fsp3) is 0.0714. The normalized spacial score (nSPS) is 12.0. The lowest BCUT2D eigenvalue weighted by Gasteiger charge is -2.19. The first-order valence-electron chi connectivity index (χ1n) is 10.9. The second kappa shape index (κ2) is 11.1. The van der Waals surface area contributed by atoms with Crippen molar-refractivity contribution in [2.75, 3.05) is 5.32 Å². The number of benzene rings is 4. The standard InChI is InChI=1S/C28H18Cl2F3NO3/c29-20-14-21(30)16-22(15-20)34-26(35)25(18-6-2-1-3-7-18)37-27(36)24-9-5-4-8-23(24)17-10-12-19(13-11-17)28(31,32)33/h1-16,25H,(H,34,35). The van der Waals surface area contributed by atoms with Crippen molar-refractivity contribution in [1.82, 2.24) is 0 Å². The summed E-state index contributed by atoms with van der Waals surface area (Å²) >= 11 is 12.0. The first kappa shape index (κ1) is 26.3. The molecule has 1 N–H and O–H groups in total. The van der Waals surface area contributed by atoms with Gasteiger partial charge in [0.2, 0.25) is 6.10 Å². The number of halogens is 5. The monoisotopic (exact) mass is 543 g/mol. The third kappa shape index (κ3) is 6.50. The molecule has 9 heteroatoms. The predicted octanol–water partition coefficient (Wildman–Crippen LogP) is 8.22. The van der Waals surface area contributed by atoms with Gasteiger partial charge < -0.3 is 10.1 Å². The molecule has 0 aliphatic carbocycles. The van der Waals surface area contributed by atoms with Gasteiger partial charge in [-0.1, -0.05) is 83.9 Å². The van der Waals surface area contributed by atoms with Crippen molar-refractivity contribution < 1.29 is 27.5 Å². The van der Waals surface area contributed by atoms with Crippen LogP contribution < -0.4 is 5.32 Å². The maximum absolute atomic E-state index is 13.3. The van der Waals surface area contributed by atoms with Gasteiger partial charge in [-0.15, -0.1) is 0 Å². The SMILES string of the molecule is O=C(OC(C(=O)Nc1cc(Cl)cc(Cl)c1)c1ccccc1)c1ccccc1-c1ccc(C(F)(F)F)cc1. The molecule has 4 aromatic rings. The molecule has 37 heavy (non-hydrogen) atoms. The van der Waals surface area contributed by atoms with Gasteiger partial charge in [0.05, 0.1) is 11.1 Å². The van der Waals surface area contributed by atoms with E-state index in [1.807, 2.05) is 0 Å². The van der Waals surface area contributed by atoms with E-state index in [0.717, 1.165) is 12.1 Å². The summed E-state index contributed by atoms with van der Waals surface area (Å²) in [5.41, 5.74) is 0.739. The summed E-state index contributed by atoms with van der Waals surface area (Å²) in [6.45, 7) is 0. The van der Waals surface area contributed by atoms with Crippen LogP contribution in [0.3, 0.4) is 0 Å². The van der Waals surface area contributed by atoms with Crippen LogP contribution in [0.15, 0.2) is 97.1 Å². The Labute approximate surface area is 220 Å². The van der Waals surface area contributed by atoms with Gasteiger partial charge in [-0.3, -0.25) is 4.79 Å². The number of nitrogens with one attached hydrogen (secondary N) is 1. The molecule has 1 amide bonds. The van der Waals surface area contributed by atoms with E-state index in [9.17, 15) is 22.8 Å². The van der Waals surface area contributed by atoms with Gasteiger partial charge in [0.25, 0.3) is 5.91 Å². The molecule has 0 radical (unpaired) electrons. The number of carbonyl (C=O) groups is 2. The number of amides is 1. The van der Waals surface area contributed by atoms with Crippen LogP contribution >= 0.6 is 23.2 Å². The van der Waals surface area contributed by atoms with Crippen LogP contribution in [0.4, 0.5) is 18.9 Å². The molecule has 1 atom stereocenters. The Kier molecular flexibility index (Phi) is 7.86. The molecule has 0 aromatic heterocycles. The first-order valence-corrected chi connectivity index (χ1v) is 11.7. The fourth-order valence-electron chi connectivity index (χ4n) is 3.66. The Morgan fingerprint density at radius 3 is 2.00 bits per heavy atom. The lowest BCUT2D eigenvalue weighted by atomic mass is 9.98. The predicted molar refractivity (Wildman–Crippen MR) is 137 cm³/mol. The number of hydrogen-bond donors (Lipinski definition) is 1. The first-order chi connectivity index (χ1) is 17.6. The Hall–Kier alpha value is -3.81. The average molecular weight is 544 g/mol. The zero-order valence-electron chi connectivity index (χ0n) is 18.9. The van der Waals surface area contributed by atoms with Crippen LogP contribution in [0.1, 0.15) is 27.6 Å². The van der Waals surface area contributed by atoms with Gasteiger partial charge in [-0.2, -0.15) is 13.2 Å². The van der Waals surface area contributed by atoms with Crippen LogP contribution in [0, 0.1) is 0 Å². The second-order valence-electron chi connectivity index (χ2n) is 7.96. The zero-order valence-corrected chi connectivity index (χ0v) is 20.4. The Bertz CT molecular complexity index is 1400. The Morgan fingerprint density at radius 2 is 1.38 bits per heavy atom. The van der Waals surface area contributed by atoms with Gasteiger partial charge in [0.1, 0.15) is 0 Å². The molecule has 0 fully saturated rings. The quantitative estimate of drug-likeness (QED) is 0.249. The van der Waals surface area contributed by atoms with Crippen LogP contribution in [-0.2, 0) is 15.7 Å². The molecule has 4 nitrogen and oxygen atoms in total. The van der Waals surface area contributed by atoms with E-state index in [0.29, 0.717) is 32.4 Å². The molecule has 0 spiro atoms. The van der Waals surface area contributed by atoms with Crippen LogP contribution in [0.25, 0.3) is 11.1 Å². The zero-order chi connectivity index (χ0) is 26.6. The molecule has 0 aliphatic heterocycles. The van der Waals surface area contributed by atoms with E-state index < -0.39 is 29.7 Å². The molecule has 1 unspecified atom stereocenters. The van der Waals surface area contributed by atoms with E-state index >= 15 is 0 Å². The van der Waals surface area contributed by atoms with E-state index in [2.05, 4.69) is 5.32 Å². The van der Waals surface area contributed by atoms with E-state index in [4.69, 9.17) is 27.9 Å². The number of carbonyl (C=O) groups excluding carboxylic acids is 2. The summed E-state index contributed by atoms with van der Waals surface area (Å²) in [6, 6.07) is 23.6. The summed E-state index contributed by atoms with van der Waals surface area (Å²) in [4.78, 5) is 26.5. The minimum Gasteiger partial charge on any atom is -0.444 e. The molecule has 0 aliphatic rings. The van der Waals surface area contributed by atoms with Crippen LogP contribution in [0.2, 0.25) is 10.0 Å². The highest BCUT2D eigenvalue weighted by Gasteiger charge is 2.30. The minimum atomic E-state index is -4.49. The second-order valence-corrected chi connectivity index (χ2v) is 8.84. The molecule has 0 saturated heterocycles. The number of hydrogen-bond acceptors (Lipinski definition) is 3. The van der Waals surface area contributed by atoms with E-state index in [1.54, 1.807) is 48.5 Å². The van der Waals surface area contributed by atoms with Gasteiger partial charge in [0.15, 0.2) is 0 Å². The summed E-state index contributed by atoms with van der Waals surface area (Å²) in [7, 11) is 0. The summed E-state index contributed by atoms with van der Waals surface area (Å²) in [5, 5.41) is 3.27. The van der Waals surface area contributed by atoms with Crippen molar-refractivity contribution in [3.63, 3.8) is 0 Å². The van der Waals surface area contributed by atoms with Gasteiger partial charge in [0, 0.05) is 21.3 Å². The number of rotatable bonds is 6. The fourth-order valence-corrected chi connectivity index (χ4v) is 4.18. The third-order valence-corrected chi connectivity index (χ3v) is 5.80. The van der Waals surface area contributed by atoms with Crippen molar-refractivity contribution in [3.05, 3.63) is 124 Å². The summed E-state index contributed by atoms with van der Waals surface area (Å²) in [5.74, 6) is -1.48. The number of ether oxygens (including phenoxy) is 1. The maximum atomic E-state index is 13.3. The molecule has 4 rings (SSSR count). The summed E-state index contributed by atoms with van der Waals surface area (Å²) < 4.78 is 44.6. The molecule has 0 bridgehead atoms. The molecule has 188 valence electrons. The van der Waals surface area contributed by atoms with Crippen LogP contribution in [0.5, 0.6) is 0 Å². The number of anilines is 1. The van der Waals surface area contributed by atoms with E-state index in [-0.39, 0.29) is 5.56 Å². The smallest absolute Gasteiger partial charge is 0.416 e. The molecular weight excluding hydrogens is 526 g/mol. The van der Waals surface area contributed by atoms with Crippen molar-refractivity contribution in [2.24, 2.45) is 0 Å². The molecule has 0 heterocycles. The molecule has 4 aromatic carbocycles. The lowest BCUT2D eigenvalue weighted by Crippen LogP contribution is -2.26. The number of esters is 1. The highest BCUT2D eigenvalue weighted by Crippen LogP contribution is 2.33. The van der Waals surface area contributed by atoms with Crippen molar-refractivity contribution in [3.8, 4) is 11.1 Å². The van der Waals surface area contributed by atoms with Crippen molar-refractivity contribution >= 4 is 40.8 Å². The Balaban J connectivity index is 1.64.